The monoisotopic (exact) mass is 450 g/mol. The maximum absolute atomic E-state index is 13.4. The quantitative estimate of drug-likeness (QED) is 0.597. The zero-order valence-corrected chi connectivity index (χ0v) is 19.2. The molecule has 7 heteroatoms. The van der Waals surface area contributed by atoms with Gasteiger partial charge in [0, 0.05) is 12.2 Å². The second kappa shape index (κ2) is 8.67. The molecule has 1 aliphatic heterocycles. The molecular formula is C25H26N2O4S. The summed E-state index contributed by atoms with van der Waals surface area (Å²) in [5.74, 6) is -0.0976. The lowest BCUT2D eigenvalue weighted by Gasteiger charge is -2.20. The maximum atomic E-state index is 13.4. The number of carbonyl (C=O) groups excluding carboxylic acids is 1. The minimum absolute atomic E-state index is 0.0562. The molecule has 4 rings (SSSR count). The number of aryl methyl sites for hydroxylation is 2. The van der Waals surface area contributed by atoms with Crippen molar-refractivity contribution in [3.05, 3.63) is 82.9 Å². The molecule has 0 radical (unpaired) electrons. The number of nitrogens with zero attached hydrogens (tertiary/aromatic N) is 1. The number of sulfonamides is 1. The molecule has 1 amide bonds. The van der Waals surface area contributed by atoms with Gasteiger partial charge in [0.15, 0.2) is 0 Å². The van der Waals surface area contributed by atoms with Crippen LogP contribution in [0.15, 0.2) is 65.6 Å². The Kier molecular flexibility index (Phi) is 5.93. The van der Waals surface area contributed by atoms with Gasteiger partial charge in [-0.05, 0) is 60.7 Å². The van der Waals surface area contributed by atoms with Crippen molar-refractivity contribution in [3.63, 3.8) is 0 Å². The summed E-state index contributed by atoms with van der Waals surface area (Å²) in [7, 11) is -2.37. The Morgan fingerprint density at radius 3 is 2.62 bits per heavy atom. The second-order valence-corrected chi connectivity index (χ2v) is 9.60. The number of methoxy groups -OCH3 is 1. The molecule has 0 atom stereocenters. The van der Waals surface area contributed by atoms with Crippen molar-refractivity contribution in [1.82, 2.24) is 0 Å². The molecule has 3 aromatic rings. The Labute approximate surface area is 188 Å². The van der Waals surface area contributed by atoms with Gasteiger partial charge in [0.2, 0.25) is 0 Å². The van der Waals surface area contributed by atoms with Crippen molar-refractivity contribution in [2.24, 2.45) is 0 Å². The Morgan fingerprint density at radius 1 is 1.09 bits per heavy atom. The molecule has 0 saturated heterocycles. The van der Waals surface area contributed by atoms with Crippen LogP contribution in [0.25, 0.3) is 0 Å². The van der Waals surface area contributed by atoms with Crippen LogP contribution in [0.4, 0.5) is 11.4 Å². The zero-order valence-electron chi connectivity index (χ0n) is 18.4. The first-order chi connectivity index (χ1) is 15.4. The third-order valence-corrected chi connectivity index (χ3v) is 7.64. The summed E-state index contributed by atoms with van der Waals surface area (Å²) in [4.78, 5) is 13.3. The molecule has 0 fully saturated rings. The van der Waals surface area contributed by atoms with Crippen LogP contribution in [0.1, 0.15) is 34.0 Å². The van der Waals surface area contributed by atoms with Gasteiger partial charge in [0.05, 0.1) is 23.3 Å². The summed E-state index contributed by atoms with van der Waals surface area (Å²) in [5.41, 5.74) is 4.54. The highest BCUT2D eigenvalue weighted by atomic mass is 32.2. The molecular weight excluding hydrogens is 424 g/mol. The SMILES string of the molecule is CCc1cccc(C)c1NC(=O)c1cc(S(=O)(=O)N2CCc3ccccc32)ccc1OC. The van der Waals surface area contributed by atoms with E-state index in [-0.39, 0.29) is 10.5 Å². The summed E-state index contributed by atoms with van der Waals surface area (Å²) in [6, 6.07) is 17.7. The average Bonchev–Trinajstić information content (AvgIpc) is 3.25. The van der Waals surface area contributed by atoms with Gasteiger partial charge in [0.1, 0.15) is 5.75 Å². The van der Waals surface area contributed by atoms with Crippen LogP contribution in [-0.4, -0.2) is 28.0 Å². The number of hydrogen-bond acceptors (Lipinski definition) is 4. The molecule has 0 bridgehead atoms. The summed E-state index contributed by atoms with van der Waals surface area (Å²) in [5, 5.41) is 2.96. The number of rotatable bonds is 6. The number of amides is 1. The smallest absolute Gasteiger partial charge is 0.264 e. The molecule has 0 saturated carbocycles. The number of carbonyl (C=O) groups is 1. The Hall–Kier alpha value is -3.32. The van der Waals surface area contributed by atoms with Gasteiger partial charge in [-0.1, -0.05) is 43.3 Å². The zero-order chi connectivity index (χ0) is 22.9. The molecule has 0 spiro atoms. The van der Waals surface area contributed by atoms with E-state index in [0.29, 0.717) is 24.4 Å². The summed E-state index contributed by atoms with van der Waals surface area (Å²) < 4.78 is 33.7. The van der Waals surface area contributed by atoms with E-state index in [4.69, 9.17) is 4.74 Å². The summed E-state index contributed by atoms with van der Waals surface area (Å²) in [6.07, 6.45) is 1.42. The molecule has 0 aliphatic carbocycles. The number of hydrogen-bond donors (Lipinski definition) is 1. The van der Waals surface area contributed by atoms with Crippen molar-refractivity contribution >= 4 is 27.3 Å². The van der Waals surface area contributed by atoms with Crippen molar-refractivity contribution in [2.45, 2.75) is 31.6 Å². The predicted molar refractivity (Wildman–Crippen MR) is 126 cm³/mol. The first kappa shape index (κ1) is 21.9. The Bertz CT molecular complexity index is 1280. The van der Waals surface area contributed by atoms with Gasteiger partial charge < -0.3 is 10.1 Å². The number of benzene rings is 3. The van der Waals surface area contributed by atoms with E-state index in [1.54, 1.807) is 0 Å². The van der Waals surface area contributed by atoms with E-state index in [2.05, 4.69) is 5.32 Å². The van der Waals surface area contributed by atoms with Crippen LogP contribution in [0.5, 0.6) is 5.75 Å². The second-order valence-electron chi connectivity index (χ2n) is 7.73. The van der Waals surface area contributed by atoms with Crippen molar-refractivity contribution in [1.29, 1.82) is 0 Å². The minimum Gasteiger partial charge on any atom is -0.496 e. The number of ether oxygens (including phenoxy) is 1. The molecule has 166 valence electrons. The van der Waals surface area contributed by atoms with Crippen LogP contribution in [0.3, 0.4) is 0 Å². The Balaban J connectivity index is 1.72. The first-order valence-electron chi connectivity index (χ1n) is 10.5. The van der Waals surface area contributed by atoms with Gasteiger partial charge in [-0.2, -0.15) is 0 Å². The highest BCUT2D eigenvalue weighted by Crippen LogP contribution is 2.34. The van der Waals surface area contributed by atoms with E-state index in [9.17, 15) is 13.2 Å². The van der Waals surface area contributed by atoms with Gasteiger partial charge in [-0.25, -0.2) is 8.42 Å². The van der Waals surface area contributed by atoms with Crippen LogP contribution in [0, 0.1) is 6.92 Å². The highest BCUT2D eigenvalue weighted by molar-refractivity contribution is 7.92. The maximum Gasteiger partial charge on any atom is 0.264 e. The molecule has 1 N–H and O–H groups in total. The predicted octanol–water partition coefficient (Wildman–Crippen LogP) is 4.57. The van der Waals surface area contributed by atoms with E-state index >= 15 is 0 Å². The van der Waals surface area contributed by atoms with Gasteiger partial charge >= 0.3 is 0 Å². The average molecular weight is 451 g/mol. The fourth-order valence-corrected chi connectivity index (χ4v) is 5.62. The Morgan fingerprint density at radius 2 is 1.88 bits per heavy atom. The van der Waals surface area contributed by atoms with Crippen LogP contribution in [0.2, 0.25) is 0 Å². The fourth-order valence-electron chi connectivity index (χ4n) is 4.09. The fraction of sp³-hybridized carbons (Fsp3) is 0.240. The lowest BCUT2D eigenvalue weighted by Crippen LogP contribution is -2.29. The van der Waals surface area contributed by atoms with Gasteiger partial charge in [-0.3, -0.25) is 9.10 Å². The minimum atomic E-state index is -3.83. The molecule has 32 heavy (non-hydrogen) atoms. The molecule has 1 aliphatic rings. The van der Waals surface area contributed by atoms with E-state index in [1.807, 2.05) is 56.3 Å². The first-order valence-corrected chi connectivity index (χ1v) is 12.0. The number of fused-ring (bicyclic) bond motifs is 1. The topological polar surface area (TPSA) is 75.7 Å². The standard InChI is InChI=1S/C25H26N2O4S/c1-4-18-10-7-8-17(2)24(18)26-25(28)21-16-20(12-13-23(21)31-3)32(29,30)27-15-14-19-9-5-6-11-22(19)27/h5-13,16H,4,14-15H2,1-3H3,(H,26,28). The highest BCUT2D eigenvalue weighted by Gasteiger charge is 2.31. The van der Waals surface area contributed by atoms with Crippen molar-refractivity contribution in [3.8, 4) is 5.75 Å². The van der Waals surface area contributed by atoms with Crippen LogP contribution in [-0.2, 0) is 22.9 Å². The molecule has 6 nitrogen and oxygen atoms in total. The summed E-state index contributed by atoms with van der Waals surface area (Å²) >= 11 is 0. The van der Waals surface area contributed by atoms with E-state index < -0.39 is 15.9 Å². The number of para-hydroxylation sites is 2. The van der Waals surface area contributed by atoms with Crippen LogP contribution >= 0.6 is 0 Å². The third kappa shape index (κ3) is 3.84. The van der Waals surface area contributed by atoms with Gasteiger partial charge in [-0.15, -0.1) is 0 Å². The lowest BCUT2D eigenvalue weighted by molar-refractivity contribution is 0.102. The largest absolute Gasteiger partial charge is 0.496 e. The third-order valence-electron chi connectivity index (χ3n) is 5.83. The molecule has 3 aromatic carbocycles. The lowest BCUT2D eigenvalue weighted by atomic mass is 10.1. The molecule has 0 unspecified atom stereocenters. The number of anilines is 2. The van der Waals surface area contributed by atoms with Crippen LogP contribution < -0.4 is 14.4 Å². The normalized spacial score (nSPS) is 13.0. The van der Waals surface area contributed by atoms with E-state index in [0.717, 1.165) is 28.8 Å². The molecule has 1 heterocycles. The van der Waals surface area contributed by atoms with Crippen molar-refractivity contribution in [2.75, 3.05) is 23.3 Å². The van der Waals surface area contributed by atoms with Gasteiger partial charge in [0.25, 0.3) is 15.9 Å². The van der Waals surface area contributed by atoms with E-state index in [1.165, 1.54) is 29.6 Å². The molecule has 0 aromatic heterocycles. The van der Waals surface area contributed by atoms with Crippen molar-refractivity contribution < 1.29 is 17.9 Å². The number of nitrogens with one attached hydrogen (secondary N) is 1. The summed E-state index contributed by atoms with van der Waals surface area (Å²) in [6.45, 7) is 4.32.